The molecule has 2 atom stereocenters. The molecule has 2 fully saturated rings. The number of fused-ring (bicyclic) bond motifs is 2. The van der Waals surface area contributed by atoms with E-state index in [9.17, 15) is 21.6 Å². The summed E-state index contributed by atoms with van der Waals surface area (Å²) in [6, 6.07) is 19.4. The Balaban J connectivity index is 0.000000195. The van der Waals surface area contributed by atoms with Crippen molar-refractivity contribution in [1.82, 2.24) is 59.2 Å². The Morgan fingerprint density at radius 1 is 0.658 bits per heavy atom. The van der Waals surface area contributed by atoms with E-state index in [0.29, 0.717) is 79.6 Å². The molecule has 0 aromatic carbocycles. The van der Waals surface area contributed by atoms with E-state index in [2.05, 4.69) is 68.6 Å². The highest BCUT2D eigenvalue weighted by molar-refractivity contribution is 7.92. The van der Waals surface area contributed by atoms with Crippen molar-refractivity contribution in [3.05, 3.63) is 121 Å². The first-order chi connectivity index (χ1) is 37.6. The van der Waals surface area contributed by atoms with Crippen LogP contribution in [0.4, 0.5) is 51.3 Å². The summed E-state index contributed by atoms with van der Waals surface area (Å²) >= 11 is 0. The van der Waals surface area contributed by atoms with Gasteiger partial charge in [-0.15, -0.1) is 0 Å². The normalized spacial score (nSPS) is 16.1. The Labute approximate surface area is 460 Å². The molecule has 2 aliphatic heterocycles. The van der Waals surface area contributed by atoms with Crippen molar-refractivity contribution in [2.75, 3.05) is 94.9 Å². The maximum Gasteiger partial charge on any atom is 0.410 e. The molecule has 0 unspecified atom stereocenters. The fraction of sp³-hybridized carbons (Fsp3) is 0.377. The van der Waals surface area contributed by atoms with Gasteiger partial charge < -0.3 is 44.5 Å². The Kier molecular flexibility index (Phi) is 16.2. The van der Waals surface area contributed by atoms with Crippen molar-refractivity contribution in [3.63, 3.8) is 0 Å². The molecular formula is C53H66N18O6S2. The fourth-order valence-corrected chi connectivity index (χ4v) is 10.1. The number of pyridine rings is 4. The van der Waals surface area contributed by atoms with Crippen LogP contribution in [0.2, 0.25) is 0 Å². The first kappa shape index (κ1) is 55.5. The average Bonchev–Trinajstić information content (AvgIpc) is 4.19. The van der Waals surface area contributed by atoms with Gasteiger partial charge in [0.1, 0.15) is 40.2 Å². The number of hydrogen-bond acceptors (Lipinski definition) is 19. The molecule has 10 heterocycles. The third-order valence-electron chi connectivity index (χ3n) is 13.3. The van der Waals surface area contributed by atoms with Crippen LogP contribution in [0.3, 0.4) is 0 Å². The van der Waals surface area contributed by atoms with Gasteiger partial charge >= 0.3 is 6.09 Å². The largest absolute Gasteiger partial charge is 0.444 e. The third kappa shape index (κ3) is 13.6. The summed E-state index contributed by atoms with van der Waals surface area (Å²) in [6.07, 6.45) is 16.1. The minimum Gasteiger partial charge on any atom is -0.444 e. The summed E-state index contributed by atoms with van der Waals surface area (Å²) in [5.74, 6) is 2.81. The predicted octanol–water partition coefficient (Wildman–Crippen LogP) is 6.06. The lowest BCUT2D eigenvalue weighted by atomic mass is 10.1. The zero-order valence-electron chi connectivity index (χ0n) is 45.7. The van der Waals surface area contributed by atoms with E-state index in [-0.39, 0.29) is 12.1 Å². The summed E-state index contributed by atoms with van der Waals surface area (Å²) in [7, 11) is -3.92. The van der Waals surface area contributed by atoms with Crippen molar-refractivity contribution in [1.29, 1.82) is 0 Å². The van der Waals surface area contributed by atoms with Crippen LogP contribution in [-0.2, 0) is 37.9 Å². The quantitative estimate of drug-likeness (QED) is 0.112. The van der Waals surface area contributed by atoms with E-state index >= 15 is 0 Å². The summed E-state index contributed by atoms with van der Waals surface area (Å²) in [6.45, 7) is 15.3. The number of hydrogen-bond donors (Lipinski definition) is 3. The number of nitrogens with one attached hydrogen (secondary N) is 3. The molecular weight excluding hydrogens is 1050 g/mol. The molecule has 10 rings (SSSR count). The molecule has 26 heteroatoms. The minimum absolute atomic E-state index is 0.00714. The van der Waals surface area contributed by atoms with E-state index in [1.165, 1.54) is 22.7 Å². The van der Waals surface area contributed by atoms with Gasteiger partial charge in [-0.3, -0.25) is 8.61 Å². The standard InChI is InChI=1S/C29H37N9O4S.C24H29N9O2S/c1-20-18-36(14-15-38(20)28(39)42-29(2,3)4)23-9-10-24(31-17-23)33-27-32-16-21-11-13-37(26(21)34-27)19-22-8-7-12-30-25(22)35(5)43(6,40)41;1-17-15-32(12-10-25-17)20-6-7-21(27-14-20)29-24-28-13-18-8-11-33(23(18)30-24)16-19-5-4-9-26-22(19)31(2)36(3,34)35/h7-13,16-17,20H,14-15,18-19H2,1-6H3,(H,31,32,33,34);4-9,11,13-14,17,25H,10,12,15-16H2,1-3H3,(H,27,28,29,30)/t20-;17-/m00/s1. The molecule has 0 aliphatic carbocycles. The average molecular weight is 1120 g/mol. The lowest BCUT2D eigenvalue weighted by Gasteiger charge is -2.41. The Morgan fingerprint density at radius 3 is 1.58 bits per heavy atom. The van der Waals surface area contributed by atoms with E-state index < -0.39 is 25.6 Å². The molecule has 8 aromatic rings. The summed E-state index contributed by atoms with van der Waals surface area (Å²) in [4.78, 5) is 54.9. The summed E-state index contributed by atoms with van der Waals surface area (Å²) in [5.41, 5.74) is 4.41. The fourth-order valence-electron chi connectivity index (χ4n) is 9.15. The van der Waals surface area contributed by atoms with Crippen molar-refractivity contribution in [3.8, 4) is 0 Å². The lowest BCUT2D eigenvalue weighted by Crippen LogP contribution is -2.55. The highest BCUT2D eigenvalue weighted by Gasteiger charge is 2.31. The summed E-state index contributed by atoms with van der Waals surface area (Å²) < 4.78 is 60.2. The summed E-state index contributed by atoms with van der Waals surface area (Å²) in [5, 5.41) is 11.5. The number of carbonyl (C=O) groups is 1. The van der Waals surface area contributed by atoms with E-state index in [1.807, 2.05) is 97.9 Å². The number of ether oxygens (including phenoxy) is 1. The first-order valence-electron chi connectivity index (χ1n) is 25.6. The van der Waals surface area contributed by atoms with Gasteiger partial charge in [-0.25, -0.2) is 51.5 Å². The van der Waals surface area contributed by atoms with Crippen molar-refractivity contribution in [2.24, 2.45) is 0 Å². The molecule has 3 N–H and O–H groups in total. The monoisotopic (exact) mass is 1110 g/mol. The second-order valence-corrected chi connectivity index (χ2v) is 24.6. The van der Waals surface area contributed by atoms with Crippen LogP contribution in [0.5, 0.6) is 0 Å². The number of carbonyl (C=O) groups excluding carboxylic acids is 1. The minimum atomic E-state index is -3.47. The molecule has 2 saturated heterocycles. The molecule has 0 bridgehead atoms. The second-order valence-electron chi connectivity index (χ2n) is 20.6. The zero-order chi connectivity index (χ0) is 56.2. The van der Waals surface area contributed by atoms with Gasteiger partial charge in [0, 0.05) is 125 Å². The van der Waals surface area contributed by atoms with Crippen LogP contribution in [0.25, 0.3) is 22.1 Å². The van der Waals surface area contributed by atoms with Crippen LogP contribution in [0.15, 0.2) is 110 Å². The van der Waals surface area contributed by atoms with E-state index in [1.54, 1.807) is 48.0 Å². The molecule has 0 radical (unpaired) electrons. The first-order valence-corrected chi connectivity index (χ1v) is 29.3. The van der Waals surface area contributed by atoms with Gasteiger partial charge in [-0.05, 0) is 83.1 Å². The van der Waals surface area contributed by atoms with Crippen molar-refractivity contribution < 1.29 is 26.4 Å². The molecule has 8 aromatic heterocycles. The van der Waals surface area contributed by atoms with E-state index in [0.717, 1.165) is 71.1 Å². The van der Waals surface area contributed by atoms with Gasteiger partial charge in [0.15, 0.2) is 0 Å². The van der Waals surface area contributed by atoms with Gasteiger partial charge in [-0.1, -0.05) is 12.1 Å². The van der Waals surface area contributed by atoms with Crippen LogP contribution in [0, 0.1) is 0 Å². The van der Waals surface area contributed by atoms with Crippen LogP contribution < -0.4 is 34.4 Å². The zero-order valence-corrected chi connectivity index (χ0v) is 47.3. The highest BCUT2D eigenvalue weighted by Crippen LogP contribution is 2.27. The molecule has 79 heavy (non-hydrogen) atoms. The smallest absolute Gasteiger partial charge is 0.410 e. The van der Waals surface area contributed by atoms with Crippen molar-refractivity contribution >= 4 is 94.7 Å². The Hall–Kier alpha value is -8.23. The maximum atomic E-state index is 12.6. The van der Waals surface area contributed by atoms with Gasteiger partial charge in [0.25, 0.3) is 0 Å². The predicted molar refractivity (Wildman–Crippen MR) is 308 cm³/mol. The third-order valence-corrected chi connectivity index (χ3v) is 15.7. The SMILES string of the molecule is C[C@H]1CN(c2ccc(Nc3ncc4ccn(Cc5cccnc5N(C)S(C)(=O)=O)c4n3)nc2)CCN1.C[C@H]1CN(c2ccc(Nc3ncc4ccn(Cc5cccnc5N(C)S(C)(=O)=O)c4n3)nc2)CCN1C(=O)OC(C)(C)C. The molecule has 2 aliphatic rings. The molecule has 0 saturated carbocycles. The number of piperazine rings is 2. The number of amides is 1. The number of anilines is 8. The lowest BCUT2D eigenvalue weighted by molar-refractivity contribution is 0.0159. The molecule has 1 amide bonds. The Bertz CT molecular complexity index is 3670. The van der Waals surface area contributed by atoms with Crippen LogP contribution in [0.1, 0.15) is 45.7 Å². The number of rotatable bonds is 14. The number of aromatic nitrogens is 10. The van der Waals surface area contributed by atoms with Gasteiger partial charge in [0.05, 0.1) is 49.4 Å². The topological polar surface area (TPSA) is 260 Å². The number of nitrogens with zero attached hydrogens (tertiary/aromatic N) is 15. The van der Waals surface area contributed by atoms with Crippen LogP contribution >= 0.6 is 0 Å². The Morgan fingerprint density at radius 2 is 1.15 bits per heavy atom. The molecule has 0 spiro atoms. The molecule has 416 valence electrons. The van der Waals surface area contributed by atoms with Crippen LogP contribution in [-0.4, -0.2) is 160 Å². The van der Waals surface area contributed by atoms with Crippen molar-refractivity contribution in [2.45, 2.75) is 65.4 Å². The van der Waals surface area contributed by atoms with E-state index in [4.69, 9.17) is 14.7 Å². The maximum absolute atomic E-state index is 12.6. The van der Waals surface area contributed by atoms with Gasteiger partial charge in [0.2, 0.25) is 31.9 Å². The molecule has 24 nitrogen and oxygen atoms in total. The van der Waals surface area contributed by atoms with Gasteiger partial charge in [-0.2, -0.15) is 9.97 Å². The number of sulfonamides is 2. The second kappa shape index (κ2) is 23.0. The highest BCUT2D eigenvalue weighted by atomic mass is 32.2.